The fourth-order valence-electron chi connectivity index (χ4n) is 4.16. The summed E-state index contributed by atoms with van der Waals surface area (Å²) in [7, 11) is 0. The molecule has 23 heavy (non-hydrogen) atoms. The van der Waals surface area contributed by atoms with Gasteiger partial charge in [0, 0.05) is 57.4 Å². The Hall–Kier alpha value is -0.810. The molecule has 132 valence electrons. The van der Waals surface area contributed by atoms with E-state index in [0.29, 0.717) is 18.1 Å². The van der Waals surface area contributed by atoms with Gasteiger partial charge < -0.3 is 10.2 Å². The van der Waals surface area contributed by atoms with E-state index in [1.165, 1.54) is 51.6 Å². The van der Waals surface area contributed by atoms with E-state index in [2.05, 4.69) is 29.0 Å². The zero-order chi connectivity index (χ0) is 16.2. The standard InChI is InChI=1S/C18H34N4O/c1-15(2)20-9-11-21(12-10-20)17-13-22(14-17)18(23)19-16-7-5-3-4-6-8-16/h15-17H,3-14H2,1-2H3,(H,19,23). The summed E-state index contributed by atoms with van der Waals surface area (Å²) < 4.78 is 0. The third-order valence-electron chi connectivity index (χ3n) is 5.93. The van der Waals surface area contributed by atoms with Crippen LogP contribution in [0.5, 0.6) is 0 Å². The normalized spacial score (nSPS) is 26.1. The number of urea groups is 1. The second-order valence-corrected chi connectivity index (χ2v) is 7.86. The van der Waals surface area contributed by atoms with Gasteiger partial charge in [-0.3, -0.25) is 9.80 Å². The summed E-state index contributed by atoms with van der Waals surface area (Å²) >= 11 is 0. The molecule has 3 fully saturated rings. The molecule has 0 unspecified atom stereocenters. The molecule has 5 nitrogen and oxygen atoms in total. The number of piperazine rings is 1. The molecule has 2 aliphatic heterocycles. The molecule has 0 aromatic rings. The molecule has 1 aliphatic carbocycles. The van der Waals surface area contributed by atoms with Crippen LogP contribution in [0.3, 0.4) is 0 Å². The first kappa shape index (κ1) is 17.0. The number of likely N-dealkylation sites (tertiary alicyclic amines) is 1. The predicted octanol–water partition coefficient (Wildman–Crippen LogP) is 2.13. The van der Waals surface area contributed by atoms with Gasteiger partial charge in [0.1, 0.15) is 0 Å². The molecule has 0 aromatic carbocycles. The van der Waals surface area contributed by atoms with E-state index in [4.69, 9.17) is 0 Å². The zero-order valence-electron chi connectivity index (χ0n) is 15.0. The highest BCUT2D eigenvalue weighted by Crippen LogP contribution is 2.20. The molecule has 0 bridgehead atoms. The van der Waals surface area contributed by atoms with Crippen molar-refractivity contribution in [2.45, 2.75) is 70.5 Å². The fraction of sp³-hybridized carbons (Fsp3) is 0.944. The van der Waals surface area contributed by atoms with Crippen molar-refractivity contribution in [1.82, 2.24) is 20.0 Å². The van der Waals surface area contributed by atoms with Gasteiger partial charge in [0.25, 0.3) is 0 Å². The first-order valence-corrected chi connectivity index (χ1v) is 9.67. The quantitative estimate of drug-likeness (QED) is 0.809. The second-order valence-electron chi connectivity index (χ2n) is 7.86. The van der Waals surface area contributed by atoms with Crippen molar-refractivity contribution in [3.05, 3.63) is 0 Å². The van der Waals surface area contributed by atoms with Crippen molar-refractivity contribution in [3.63, 3.8) is 0 Å². The molecule has 3 aliphatic rings. The molecule has 0 radical (unpaired) electrons. The predicted molar refractivity (Wildman–Crippen MR) is 93.7 cm³/mol. The Morgan fingerprint density at radius 1 is 0.957 bits per heavy atom. The Morgan fingerprint density at radius 3 is 2.13 bits per heavy atom. The molecular formula is C18H34N4O. The summed E-state index contributed by atoms with van der Waals surface area (Å²) in [5.41, 5.74) is 0. The van der Waals surface area contributed by atoms with Gasteiger partial charge in [0.2, 0.25) is 0 Å². The van der Waals surface area contributed by atoms with Crippen LogP contribution in [-0.2, 0) is 0 Å². The van der Waals surface area contributed by atoms with Crippen molar-refractivity contribution in [1.29, 1.82) is 0 Å². The number of carbonyl (C=O) groups is 1. The van der Waals surface area contributed by atoms with E-state index < -0.39 is 0 Å². The van der Waals surface area contributed by atoms with Gasteiger partial charge in [0.05, 0.1) is 0 Å². The summed E-state index contributed by atoms with van der Waals surface area (Å²) in [6.07, 6.45) is 7.54. The number of rotatable bonds is 3. The fourth-order valence-corrected chi connectivity index (χ4v) is 4.16. The van der Waals surface area contributed by atoms with Crippen LogP contribution in [0.2, 0.25) is 0 Å². The van der Waals surface area contributed by atoms with Gasteiger partial charge in [-0.05, 0) is 26.7 Å². The zero-order valence-corrected chi connectivity index (χ0v) is 15.0. The van der Waals surface area contributed by atoms with Crippen LogP contribution in [-0.4, -0.2) is 78.1 Å². The van der Waals surface area contributed by atoms with Crippen molar-refractivity contribution in [2.75, 3.05) is 39.3 Å². The second kappa shape index (κ2) is 7.84. The molecular weight excluding hydrogens is 288 g/mol. The van der Waals surface area contributed by atoms with Crippen LogP contribution in [0.15, 0.2) is 0 Å². The highest BCUT2D eigenvalue weighted by molar-refractivity contribution is 5.75. The maximum atomic E-state index is 12.4. The van der Waals surface area contributed by atoms with E-state index in [0.717, 1.165) is 26.2 Å². The van der Waals surface area contributed by atoms with Crippen molar-refractivity contribution in [3.8, 4) is 0 Å². The van der Waals surface area contributed by atoms with Crippen molar-refractivity contribution < 1.29 is 4.79 Å². The van der Waals surface area contributed by atoms with Gasteiger partial charge in [-0.25, -0.2) is 4.79 Å². The Morgan fingerprint density at radius 2 is 1.57 bits per heavy atom. The Labute approximate surface area is 141 Å². The Kier molecular flexibility index (Phi) is 5.81. The van der Waals surface area contributed by atoms with Gasteiger partial charge in [-0.1, -0.05) is 25.7 Å². The average Bonchev–Trinajstić information content (AvgIpc) is 2.75. The molecule has 3 rings (SSSR count). The molecule has 5 heteroatoms. The maximum absolute atomic E-state index is 12.4. The lowest BCUT2D eigenvalue weighted by molar-refractivity contribution is 0.0156. The molecule has 0 spiro atoms. The smallest absolute Gasteiger partial charge is 0.317 e. The lowest BCUT2D eigenvalue weighted by atomic mass is 10.1. The van der Waals surface area contributed by atoms with Crippen LogP contribution < -0.4 is 5.32 Å². The van der Waals surface area contributed by atoms with E-state index in [9.17, 15) is 4.79 Å². The lowest BCUT2D eigenvalue weighted by Gasteiger charge is -2.48. The van der Waals surface area contributed by atoms with E-state index in [1.807, 2.05) is 4.90 Å². The molecule has 1 N–H and O–H groups in total. The third-order valence-corrected chi connectivity index (χ3v) is 5.93. The highest BCUT2D eigenvalue weighted by Gasteiger charge is 2.36. The maximum Gasteiger partial charge on any atom is 0.317 e. The molecule has 2 heterocycles. The first-order chi connectivity index (χ1) is 11.1. The molecule has 2 saturated heterocycles. The first-order valence-electron chi connectivity index (χ1n) is 9.67. The topological polar surface area (TPSA) is 38.8 Å². The van der Waals surface area contributed by atoms with E-state index in [1.54, 1.807) is 0 Å². The summed E-state index contributed by atoms with van der Waals surface area (Å²) in [4.78, 5) is 19.5. The van der Waals surface area contributed by atoms with Gasteiger partial charge in [-0.15, -0.1) is 0 Å². The monoisotopic (exact) mass is 322 g/mol. The number of amides is 2. The molecule has 1 saturated carbocycles. The Bertz CT molecular complexity index is 378. The number of carbonyl (C=O) groups excluding carboxylic acids is 1. The largest absolute Gasteiger partial charge is 0.335 e. The SMILES string of the molecule is CC(C)N1CCN(C2CN(C(=O)NC3CCCCCC3)C2)CC1. The Balaban J connectivity index is 1.36. The molecule has 0 aromatic heterocycles. The number of nitrogens with zero attached hydrogens (tertiary/aromatic N) is 3. The minimum absolute atomic E-state index is 0.175. The number of hydrogen-bond donors (Lipinski definition) is 1. The van der Waals surface area contributed by atoms with Crippen LogP contribution in [0.1, 0.15) is 52.4 Å². The number of hydrogen-bond acceptors (Lipinski definition) is 3. The minimum Gasteiger partial charge on any atom is -0.335 e. The third kappa shape index (κ3) is 4.38. The summed E-state index contributed by atoms with van der Waals surface area (Å²) in [5, 5.41) is 3.27. The summed E-state index contributed by atoms with van der Waals surface area (Å²) in [5.74, 6) is 0. The molecule has 2 amide bonds. The van der Waals surface area contributed by atoms with Crippen LogP contribution >= 0.6 is 0 Å². The average molecular weight is 322 g/mol. The summed E-state index contributed by atoms with van der Waals surface area (Å²) in [6, 6.07) is 1.83. The molecule has 0 atom stereocenters. The van der Waals surface area contributed by atoms with Crippen molar-refractivity contribution in [2.24, 2.45) is 0 Å². The lowest BCUT2D eigenvalue weighted by Crippen LogP contribution is -2.66. The van der Waals surface area contributed by atoms with Gasteiger partial charge in [0.15, 0.2) is 0 Å². The van der Waals surface area contributed by atoms with Crippen molar-refractivity contribution >= 4 is 6.03 Å². The van der Waals surface area contributed by atoms with E-state index in [-0.39, 0.29) is 6.03 Å². The van der Waals surface area contributed by atoms with Gasteiger partial charge in [-0.2, -0.15) is 0 Å². The highest BCUT2D eigenvalue weighted by atomic mass is 16.2. The van der Waals surface area contributed by atoms with Crippen LogP contribution in [0.4, 0.5) is 4.79 Å². The van der Waals surface area contributed by atoms with E-state index >= 15 is 0 Å². The van der Waals surface area contributed by atoms with Gasteiger partial charge >= 0.3 is 6.03 Å². The van der Waals surface area contributed by atoms with Crippen LogP contribution in [0, 0.1) is 0 Å². The number of nitrogens with one attached hydrogen (secondary N) is 1. The van der Waals surface area contributed by atoms with Crippen LogP contribution in [0.25, 0.3) is 0 Å². The minimum atomic E-state index is 0.175. The summed E-state index contributed by atoms with van der Waals surface area (Å²) in [6.45, 7) is 11.0.